The second-order valence-corrected chi connectivity index (χ2v) is 15.2. The number of nitrogens with one attached hydrogen (secondary N) is 2. The summed E-state index contributed by atoms with van der Waals surface area (Å²) < 4.78 is 40.7. The Morgan fingerprint density at radius 1 is 1.02 bits per heavy atom. The Balaban J connectivity index is 0.996. The van der Waals surface area contributed by atoms with Crippen LogP contribution in [0.15, 0.2) is 36.4 Å². The predicted molar refractivity (Wildman–Crippen MR) is 194 cm³/mol. The average Bonchev–Trinajstić information content (AvgIpc) is 3.12. The van der Waals surface area contributed by atoms with Crippen LogP contribution in [0.2, 0.25) is 0 Å². The molecule has 2 saturated heterocycles. The molecule has 1 atom stereocenters. The molecule has 2 aromatic carbocycles. The zero-order chi connectivity index (χ0) is 37.9. The van der Waals surface area contributed by atoms with Crippen molar-refractivity contribution in [2.24, 2.45) is 11.3 Å². The first kappa shape index (κ1) is 38.2. The number of anilines is 1. The number of hydrogen-bond acceptors (Lipinski definition) is 8. The first-order chi connectivity index (χ1) is 25.2. The topological polar surface area (TPSA) is 154 Å². The number of nitro groups is 1. The number of nitro benzene ring substituents is 1. The molecule has 3 heterocycles. The van der Waals surface area contributed by atoms with E-state index in [1.807, 2.05) is 18.2 Å². The maximum absolute atomic E-state index is 13.6. The zero-order valence-electron chi connectivity index (χ0n) is 30.3. The van der Waals surface area contributed by atoms with Gasteiger partial charge in [-0.15, -0.1) is 0 Å². The Bertz CT molecular complexity index is 1810. The van der Waals surface area contributed by atoms with E-state index in [-0.39, 0.29) is 22.8 Å². The lowest BCUT2D eigenvalue weighted by Crippen LogP contribution is -2.44. The molecule has 1 aliphatic carbocycles. The highest BCUT2D eigenvalue weighted by Gasteiger charge is 2.39. The number of halogens is 3. The largest absolute Gasteiger partial charge is 0.465 e. The molecule has 1 unspecified atom stereocenters. The van der Waals surface area contributed by atoms with Gasteiger partial charge in [0.2, 0.25) is 5.91 Å². The Hall–Kier alpha value is -4.53. The molecule has 3 aromatic rings. The minimum Gasteiger partial charge on any atom is -0.465 e. The fourth-order valence-corrected chi connectivity index (χ4v) is 8.42. The number of non-ortho nitro benzene ring substituents is 1. The molecule has 1 spiro atoms. The van der Waals surface area contributed by atoms with Gasteiger partial charge >= 0.3 is 12.3 Å². The fourth-order valence-electron chi connectivity index (χ4n) is 8.42. The summed E-state index contributed by atoms with van der Waals surface area (Å²) in [7, 11) is 0. The van der Waals surface area contributed by atoms with Crippen LogP contribution < -0.4 is 10.6 Å². The number of carbonyl (C=O) groups excluding carboxylic acids is 1. The third-order valence-electron chi connectivity index (χ3n) is 11.7. The molecule has 2 amide bonds. The van der Waals surface area contributed by atoms with Crippen molar-refractivity contribution in [3.8, 4) is 0 Å². The third kappa shape index (κ3) is 9.35. The van der Waals surface area contributed by atoms with Crippen LogP contribution in [0.5, 0.6) is 0 Å². The highest BCUT2D eigenvalue weighted by atomic mass is 19.4. The summed E-state index contributed by atoms with van der Waals surface area (Å²) in [5.41, 5.74) is 0.441. The van der Waals surface area contributed by atoms with Crippen LogP contribution in [0, 0.1) is 28.4 Å². The summed E-state index contributed by atoms with van der Waals surface area (Å²) in [4.78, 5) is 47.5. The Morgan fingerprint density at radius 2 is 1.72 bits per heavy atom. The van der Waals surface area contributed by atoms with Gasteiger partial charge in [-0.1, -0.05) is 6.07 Å². The molecule has 6 rings (SSSR count). The van der Waals surface area contributed by atoms with Gasteiger partial charge in [0.15, 0.2) is 0 Å². The van der Waals surface area contributed by atoms with Gasteiger partial charge in [-0.25, -0.2) is 14.8 Å². The monoisotopic (exact) mass is 739 g/mol. The van der Waals surface area contributed by atoms with E-state index in [0.717, 1.165) is 88.6 Å². The number of aromatic nitrogens is 2. The number of nitrogens with zero attached hydrogens (tertiary/aromatic N) is 5. The summed E-state index contributed by atoms with van der Waals surface area (Å²) in [6.07, 6.45) is 3.57. The number of aryl methyl sites for hydroxylation is 1. The van der Waals surface area contributed by atoms with Crippen molar-refractivity contribution < 1.29 is 32.8 Å². The van der Waals surface area contributed by atoms with E-state index in [2.05, 4.69) is 25.5 Å². The van der Waals surface area contributed by atoms with Crippen LogP contribution in [0.4, 0.5) is 29.5 Å². The first-order valence-corrected chi connectivity index (χ1v) is 18.6. The van der Waals surface area contributed by atoms with Crippen molar-refractivity contribution in [2.45, 2.75) is 89.8 Å². The van der Waals surface area contributed by atoms with Crippen LogP contribution in [-0.4, -0.2) is 81.1 Å². The normalized spacial score (nSPS) is 19.3. The van der Waals surface area contributed by atoms with Gasteiger partial charge in [-0.2, -0.15) is 13.2 Å². The summed E-state index contributed by atoms with van der Waals surface area (Å²) in [5.74, 6) is 1.77. The van der Waals surface area contributed by atoms with Crippen molar-refractivity contribution in [1.29, 1.82) is 0 Å². The molecule has 1 aromatic heterocycles. The number of rotatable bonds is 10. The molecule has 3 N–H and O–H groups in total. The van der Waals surface area contributed by atoms with Gasteiger partial charge in [0.05, 0.1) is 28.6 Å². The molecule has 2 aliphatic heterocycles. The van der Waals surface area contributed by atoms with Crippen molar-refractivity contribution in [1.82, 2.24) is 25.1 Å². The number of carbonyl (C=O) groups is 2. The fraction of sp³-hybridized carbons (Fsp3) is 0.579. The predicted octanol–water partition coefficient (Wildman–Crippen LogP) is 7.67. The van der Waals surface area contributed by atoms with Crippen LogP contribution in [0.3, 0.4) is 0 Å². The molecule has 53 heavy (non-hydrogen) atoms. The van der Waals surface area contributed by atoms with Gasteiger partial charge in [-0.05, 0) is 131 Å². The highest BCUT2D eigenvalue weighted by molar-refractivity contribution is 5.90. The van der Waals surface area contributed by atoms with Crippen molar-refractivity contribution in [3.05, 3.63) is 69.0 Å². The minimum absolute atomic E-state index is 0.0333. The maximum atomic E-state index is 13.6. The number of amides is 2. The molecular weight excluding hydrogens is 691 g/mol. The Labute approximate surface area is 306 Å². The smallest absolute Gasteiger partial charge is 0.416 e. The second-order valence-electron chi connectivity index (χ2n) is 15.2. The lowest BCUT2D eigenvalue weighted by atomic mass is 9.65. The maximum Gasteiger partial charge on any atom is 0.416 e. The molecule has 15 heteroatoms. The van der Waals surface area contributed by atoms with Gasteiger partial charge in [-0.3, -0.25) is 19.8 Å². The molecule has 3 fully saturated rings. The second kappa shape index (κ2) is 15.8. The number of hydrogen-bond donors (Lipinski definition) is 3. The average molecular weight is 740 g/mol. The summed E-state index contributed by atoms with van der Waals surface area (Å²) in [5, 5.41) is 27.7. The molecule has 286 valence electrons. The van der Waals surface area contributed by atoms with Crippen LogP contribution in [-0.2, 0) is 11.0 Å². The summed E-state index contributed by atoms with van der Waals surface area (Å²) in [6.45, 7) is 7.18. The number of alkyl halides is 3. The van der Waals surface area contributed by atoms with E-state index in [9.17, 15) is 38.0 Å². The summed E-state index contributed by atoms with van der Waals surface area (Å²) in [6, 6.07) is 7.84. The third-order valence-corrected chi connectivity index (χ3v) is 11.7. The number of piperidine rings is 2. The van der Waals surface area contributed by atoms with Crippen LogP contribution >= 0.6 is 0 Å². The standard InChI is InChI=1S/C38H48F3N7O5/c1-24(29-19-30(38(39,40)41)22-31(20-29)48(52)53)43-35-32-21-28(3-4-33(32)44-25(2)45-35)27-8-15-46(16-9-27)23-34(49)42-14-7-26-5-10-37(11-6-26)12-17-47(18-13-37)36(50)51/h3-4,19-22,24,26-27H,5-18,23H2,1-2H3,(H,42,49)(H,50,51)(H,43,44,45). The number of likely N-dealkylation sites (tertiary alicyclic amines) is 2. The summed E-state index contributed by atoms with van der Waals surface area (Å²) >= 11 is 0. The van der Waals surface area contributed by atoms with E-state index in [1.165, 1.54) is 4.90 Å². The lowest BCUT2D eigenvalue weighted by Gasteiger charge is -2.45. The molecule has 12 nitrogen and oxygen atoms in total. The van der Waals surface area contributed by atoms with Crippen molar-refractivity contribution in [2.75, 3.05) is 44.6 Å². The van der Waals surface area contributed by atoms with Gasteiger partial charge in [0, 0.05) is 37.2 Å². The molecule has 0 bridgehead atoms. The van der Waals surface area contributed by atoms with E-state index < -0.39 is 34.5 Å². The van der Waals surface area contributed by atoms with Crippen molar-refractivity contribution in [3.63, 3.8) is 0 Å². The highest BCUT2D eigenvalue weighted by Crippen LogP contribution is 2.47. The molecule has 3 aliphatic rings. The van der Waals surface area contributed by atoms with Gasteiger partial charge < -0.3 is 20.6 Å². The Morgan fingerprint density at radius 3 is 2.36 bits per heavy atom. The SMILES string of the molecule is Cc1nc(NC(C)c2cc([N+](=O)[O-])cc(C(F)(F)F)c2)c2cc(C3CCN(CC(=O)NCCC4CCC5(CC4)CCN(C(=O)O)CC5)CC3)ccc2n1. The van der Waals surface area contributed by atoms with Crippen LogP contribution in [0.1, 0.15) is 99.2 Å². The minimum atomic E-state index is -4.74. The quantitative estimate of drug-likeness (QED) is 0.140. The van der Waals surface area contributed by atoms with Gasteiger partial charge in [0.25, 0.3) is 5.69 Å². The van der Waals surface area contributed by atoms with E-state index in [4.69, 9.17) is 0 Å². The van der Waals surface area contributed by atoms with E-state index in [0.29, 0.717) is 60.7 Å². The first-order valence-electron chi connectivity index (χ1n) is 18.6. The van der Waals surface area contributed by atoms with Crippen molar-refractivity contribution >= 4 is 34.4 Å². The molecule has 1 saturated carbocycles. The van der Waals surface area contributed by atoms with Gasteiger partial charge in [0.1, 0.15) is 11.6 Å². The number of benzene rings is 2. The number of carboxylic acid groups (broad SMARTS) is 1. The van der Waals surface area contributed by atoms with E-state index >= 15 is 0 Å². The van der Waals surface area contributed by atoms with E-state index in [1.54, 1.807) is 13.8 Å². The molecular formula is C38H48F3N7O5. The number of fused-ring (bicyclic) bond motifs is 1. The Kier molecular flexibility index (Phi) is 11.4. The molecule has 0 radical (unpaired) electrons. The zero-order valence-corrected chi connectivity index (χ0v) is 30.3. The van der Waals surface area contributed by atoms with Crippen LogP contribution in [0.25, 0.3) is 10.9 Å². The lowest BCUT2D eigenvalue weighted by molar-refractivity contribution is -0.385.